The maximum absolute atomic E-state index is 13.3. The van der Waals surface area contributed by atoms with Crippen LogP contribution >= 0.6 is 0 Å². The van der Waals surface area contributed by atoms with Crippen LogP contribution < -0.4 is 5.32 Å². The number of nitrogens with one attached hydrogen (secondary N) is 1. The molecular formula is C11H13F2NO3. The normalized spacial score (nSPS) is 12.3. The van der Waals surface area contributed by atoms with Crippen LogP contribution in [0.15, 0.2) is 12.1 Å². The summed E-state index contributed by atoms with van der Waals surface area (Å²) in [4.78, 5) is 11.5. The molecule has 0 fully saturated rings. The second-order valence-corrected chi connectivity index (χ2v) is 3.63. The van der Waals surface area contributed by atoms with Crippen molar-refractivity contribution in [1.29, 1.82) is 0 Å². The fourth-order valence-electron chi connectivity index (χ4n) is 1.20. The van der Waals surface area contributed by atoms with Crippen molar-refractivity contribution in [3.63, 3.8) is 0 Å². The van der Waals surface area contributed by atoms with Crippen LogP contribution in [0.25, 0.3) is 0 Å². The van der Waals surface area contributed by atoms with Crippen LogP contribution in [0.1, 0.15) is 15.9 Å². The van der Waals surface area contributed by atoms with Crippen LogP contribution in [0.5, 0.6) is 0 Å². The summed E-state index contributed by atoms with van der Waals surface area (Å²) >= 11 is 0. The molecule has 1 atom stereocenters. The van der Waals surface area contributed by atoms with E-state index in [0.29, 0.717) is 6.07 Å². The number of rotatable bonds is 4. The summed E-state index contributed by atoms with van der Waals surface area (Å²) in [5, 5.41) is 19.8. The van der Waals surface area contributed by atoms with Gasteiger partial charge in [0.05, 0.1) is 18.3 Å². The molecule has 1 aromatic carbocycles. The van der Waals surface area contributed by atoms with Gasteiger partial charge in [0.1, 0.15) is 11.6 Å². The molecule has 0 heterocycles. The third-order valence-corrected chi connectivity index (χ3v) is 2.20. The molecule has 0 spiro atoms. The first kappa shape index (κ1) is 13.5. The van der Waals surface area contributed by atoms with Gasteiger partial charge in [-0.3, -0.25) is 4.79 Å². The first-order valence-electron chi connectivity index (χ1n) is 4.98. The van der Waals surface area contributed by atoms with Crippen molar-refractivity contribution in [2.75, 3.05) is 13.2 Å². The van der Waals surface area contributed by atoms with Crippen molar-refractivity contribution in [3.05, 3.63) is 34.9 Å². The van der Waals surface area contributed by atoms with Gasteiger partial charge in [-0.2, -0.15) is 0 Å². The molecule has 1 rings (SSSR count). The highest BCUT2D eigenvalue weighted by Gasteiger charge is 2.15. The zero-order valence-electron chi connectivity index (χ0n) is 9.20. The number of carbonyl (C=O) groups is 1. The molecule has 0 aliphatic rings. The molecular weight excluding hydrogens is 232 g/mol. The molecule has 3 N–H and O–H groups in total. The SMILES string of the molecule is Cc1cc(C(=O)NCC(O)CO)c(F)cc1F. The molecule has 94 valence electrons. The van der Waals surface area contributed by atoms with E-state index < -0.39 is 30.3 Å². The summed E-state index contributed by atoms with van der Waals surface area (Å²) in [5.74, 6) is -2.46. The summed E-state index contributed by atoms with van der Waals surface area (Å²) in [6.07, 6.45) is -1.11. The van der Waals surface area contributed by atoms with Gasteiger partial charge in [0.15, 0.2) is 0 Å². The zero-order valence-corrected chi connectivity index (χ0v) is 9.20. The molecule has 0 aliphatic heterocycles. The first-order chi connectivity index (χ1) is 7.95. The Hall–Kier alpha value is -1.53. The number of hydrogen-bond donors (Lipinski definition) is 3. The van der Waals surface area contributed by atoms with Gasteiger partial charge in [-0.05, 0) is 18.6 Å². The summed E-state index contributed by atoms with van der Waals surface area (Å²) < 4.78 is 26.2. The Balaban J connectivity index is 2.79. The highest BCUT2D eigenvalue weighted by atomic mass is 19.1. The predicted molar refractivity (Wildman–Crippen MR) is 56.5 cm³/mol. The number of benzene rings is 1. The number of halogens is 2. The maximum Gasteiger partial charge on any atom is 0.254 e. The van der Waals surface area contributed by atoms with E-state index in [0.717, 1.165) is 6.07 Å². The summed E-state index contributed by atoms with van der Waals surface area (Å²) in [5.41, 5.74) is -0.145. The Morgan fingerprint density at radius 2 is 2.06 bits per heavy atom. The van der Waals surface area contributed by atoms with E-state index in [2.05, 4.69) is 5.32 Å². The molecule has 0 radical (unpaired) electrons. The Morgan fingerprint density at radius 1 is 1.41 bits per heavy atom. The van der Waals surface area contributed by atoms with E-state index in [1.807, 2.05) is 0 Å². The van der Waals surface area contributed by atoms with Crippen molar-refractivity contribution in [1.82, 2.24) is 5.32 Å². The third kappa shape index (κ3) is 3.47. The number of aliphatic hydroxyl groups excluding tert-OH is 2. The van der Waals surface area contributed by atoms with Gasteiger partial charge in [-0.15, -0.1) is 0 Å². The minimum atomic E-state index is -1.11. The Kier molecular flexibility index (Phi) is 4.53. The van der Waals surface area contributed by atoms with Crippen molar-refractivity contribution in [2.45, 2.75) is 13.0 Å². The molecule has 0 bridgehead atoms. The van der Waals surface area contributed by atoms with Gasteiger partial charge in [-0.1, -0.05) is 0 Å². The molecule has 1 unspecified atom stereocenters. The fraction of sp³-hybridized carbons (Fsp3) is 0.364. The standard InChI is InChI=1S/C11H13F2NO3/c1-6-2-8(10(13)3-9(6)12)11(17)14-4-7(16)5-15/h2-3,7,15-16H,4-5H2,1H3,(H,14,17). The molecule has 4 nitrogen and oxygen atoms in total. The van der Waals surface area contributed by atoms with E-state index >= 15 is 0 Å². The average Bonchev–Trinajstić information content (AvgIpc) is 2.30. The van der Waals surface area contributed by atoms with Crippen LogP contribution in [0.4, 0.5) is 8.78 Å². The molecule has 17 heavy (non-hydrogen) atoms. The summed E-state index contributed by atoms with van der Waals surface area (Å²) in [7, 11) is 0. The molecule has 1 aromatic rings. The summed E-state index contributed by atoms with van der Waals surface area (Å²) in [6, 6.07) is 1.72. The lowest BCUT2D eigenvalue weighted by atomic mass is 10.1. The predicted octanol–water partition coefficient (Wildman–Crippen LogP) is 0.356. The minimum absolute atomic E-state index is 0.152. The monoisotopic (exact) mass is 245 g/mol. The second-order valence-electron chi connectivity index (χ2n) is 3.63. The van der Waals surface area contributed by atoms with Crippen molar-refractivity contribution in [2.24, 2.45) is 0 Å². The molecule has 0 aliphatic carbocycles. The van der Waals surface area contributed by atoms with Crippen LogP contribution in [0, 0.1) is 18.6 Å². The molecule has 0 saturated carbocycles. The van der Waals surface area contributed by atoms with Gasteiger partial charge in [0.25, 0.3) is 5.91 Å². The Labute approximate surface area is 96.9 Å². The van der Waals surface area contributed by atoms with E-state index in [9.17, 15) is 13.6 Å². The van der Waals surface area contributed by atoms with Gasteiger partial charge in [0.2, 0.25) is 0 Å². The highest BCUT2D eigenvalue weighted by Crippen LogP contribution is 2.13. The third-order valence-electron chi connectivity index (χ3n) is 2.20. The van der Waals surface area contributed by atoms with Crippen molar-refractivity contribution >= 4 is 5.91 Å². The van der Waals surface area contributed by atoms with Crippen LogP contribution in [0.3, 0.4) is 0 Å². The number of hydrogen-bond acceptors (Lipinski definition) is 3. The van der Waals surface area contributed by atoms with Gasteiger partial charge in [0, 0.05) is 12.6 Å². The maximum atomic E-state index is 13.3. The molecule has 1 amide bonds. The topological polar surface area (TPSA) is 69.6 Å². The quantitative estimate of drug-likeness (QED) is 0.717. The zero-order chi connectivity index (χ0) is 13.0. The van der Waals surface area contributed by atoms with Crippen LogP contribution in [0.2, 0.25) is 0 Å². The van der Waals surface area contributed by atoms with Crippen molar-refractivity contribution < 1.29 is 23.8 Å². The highest BCUT2D eigenvalue weighted by molar-refractivity contribution is 5.94. The van der Waals surface area contributed by atoms with Crippen molar-refractivity contribution in [3.8, 4) is 0 Å². The van der Waals surface area contributed by atoms with Gasteiger partial charge < -0.3 is 15.5 Å². The Bertz CT molecular complexity index is 423. The molecule has 0 aromatic heterocycles. The van der Waals surface area contributed by atoms with Gasteiger partial charge in [-0.25, -0.2) is 8.78 Å². The van der Waals surface area contributed by atoms with Crippen LogP contribution in [-0.4, -0.2) is 35.4 Å². The Morgan fingerprint density at radius 3 is 2.65 bits per heavy atom. The molecule has 6 heteroatoms. The van der Waals surface area contributed by atoms with Crippen LogP contribution in [-0.2, 0) is 0 Å². The second kappa shape index (κ2) is 5.70. The lowest BCUT2D eigenvalue weighted by Gasteiger charge is -2.10. The number of amides is 1. The number of carbonyl (C=O) groups excluding carboxylic acids is 1. The number of aliphatic hydroxyl groups is 2. The molecule has 0 saturated heterocycles. The average molecular weight is 245 g/mol. The van der Waals surface area contributed by atoms with E-state index in [1.54, 1.807) is 0 Å². The largest absolute Gasteiger partial charge is 0.394 e. The lowest BCUT2D eigenvalue weighted by molar-refractivity contribution is 0.0799. The van der Waals surface area contributed by atoms with E-state index in [-0.39, 0.29) is 17.7 Å². The smallest absolute Gasteiger partial charge is 0.254 e. The van der Waals surface area contributed by atoms with E-state index in [1.165, 1.54) is 6.92 Å². The lowest BCUT2D eigenvalue weighted by Crippen LogP contribution is -2.34. The first-order valence-corrected chi connectivity index (χ1v) is 4.98. The van der Waals surface area contributed by atoms with Gasteiger partial charge >= 0.3 is 0 Å². The minimum Gasteiger partial charge on any atom is -0.394 e. The fourth-order valence-corrected chi connectivity index (χ4v) is 1.20. The van der Waals surface area contributed by atoms with E-state index in [4.69, 9.17) is 10.2 Å². The summed E-state index contributed by atoms with van der Waals surface area (Å²) in [6.45, 7) is 0.699. The number of aryl methyl sites for hydroxylation is 1.